The summed E-state index contributed by atoms with van der Waals surface area (Å²) in [6, 6.07) is 11.1. The third-order valence-corrected chi connectivity index (χ3v) is 3.86. The second kappa shape index (κ2) is 5.34. The molecule has 0 saturated carbocycles. The minimum atomic E-state index is -0.114. The predicted octanol–water partition coefficient (Wildman–Crippen LogP) is 2.25. The molecule has 0 fully saturated rings. The maximum atomic E-state index is 5.87. The Morgan fingerprint density at radius 3 is 2.75 bits per heavy atom. The summed E-state index contributed by atoms with van der Waals surface area (Å²) in [5, 5.41) is 8.46. The molecule has 3 aromatic heterocycles. The summed E-state index contributed by atoms with van der Waals surface area (Å²) < 4.78 is 7.12. The van der Waals surface area contributed by atoms with Crippen LogP contribution in [0.2, 0.25) is 0 Å². The second-order valence-corrected chi connectivity index (χ2v) is 5.46. The zero-order valence-electron chi connectivity index (χ0n) is 12.9. The summed E-state index contributed by atoms with van der Waals surface area (Å²) >= 11 is 0. The molecule has 0 spiro atoms. The molecule has 1 unspecified atom stereocenters. The van der Waals surface area contributed by atoms with E-state index in [-0.39, 0.29) is 12.0 Å². The quantitative estimate of drug-likeness (QED) is 0.555. The molecule has 1 aromatic carbocycles. The predicted molar refractivity (Wildman–Crippen MR) is 89.9 cm³/mol. The van der Waals surface area contributed by atoms with E-state index in [9.17, 15) is 0 Å². The van der Waals surface area contributed by atoms with Gasteiger partial charge in [-0.05, 0) is 36.8 Å². The summed E-state index contributed by atoms with van der Waals surface area (Å²) in [5.41, 5.74) is 15.0. The molecular weight excluding hydrogens is 306 g/mol. The zero-order chi connectivity index (χ0) is 16.7. The first-order valence-corrected chi connectivity index (χ1v) is 7.41. The van der Waals surface area contributed by atoms with Gasteiger partial charge in [-0.2, -0.15) is 4.98 Å². The van der Waals surface area contributed by atoms with Crippen molar-refractivity contribution in [1.82, 2.24) is 25.0 Å². The van der Waals surface area contributed by atoms with Crippen LogP contribution in [0, 0.1) is 0 Å². The summed E-state index contributed by atoms with van der Waals surface area (Å²) in [6.45, 7) is 1.99. The Morgan fingerprint density at radius 2 is 2.00 bits per heavy atom. The van der Waals surface area contributed by atoms with Gasteiger partial charge in [-0.1, -0.05) is 17.3 Å². The Kier molecular flexibility index (Phi) is 3.16. The maximum absolute atomic E-state index is 5.87. The van der Waals surface area contributed by atoms with Gasteiger partial charge in [0.1, 0.15) is 5.69 Å². The van der Waals surface area contributed by atoms with Crippen LogP contribution in [0.3, 0.4) is 0 Å². The fraction of sp³-hybridized carbons (Fsp3) is 0.125. The summed E-state index contributed by atoms with van der Waals surface area (Å²) in [4.78, 5) is 8.55. The zero-order valence-corrected chi connectivity index (χ0v) is 12.9. The maximum Gasteiger partial charge on any atom is 0.222 e. The SMILES string of the molecule is CC(c1cccc(N)c1)n1nnc2c(-c3ccco3)nc(N)nc21. The number of rotatable bonds is 3. The molecule has 3 heterocycles. The van der Waals surface area contributed by atoms with Crippen LogP contribution in [-0.2, 0) is 0 Å². The molecule has 0 amide bonds. The van der Waals surface area contributed by atoms with Gasteiger partial charge in [0.05, 0.1) is 12.3 Å². The number of nitrogen functional groups attached to an aromatic ring is 2. The molecule has 0 radical (unpaired) electrons. The van der Waals surface area contributed by atoms with Crippen molar-refractivity contribution >= 4 is 22.8 Å². The van der Waals surface area contributed by atoms with E-state index < -0.39 is 0 Å². The molecule has 4 N–H and O–H groups in total. The molecule has 120 valence electrons. The van der Waals surface area contributed by atoms with Crippen molar-refractivity contribution in [3.63, 3.8) is 0 Å². The second-order valence-electron chi connectivity index (χ2n) is 5.46. The molecular formula is C16H15N7O. The van der Waals surface area contributed by atoms with Gasteiger partial charge in [-0.15, -0.1) is 5.10 Å². The first-order chi connectivity index (χ1) is 11.6. The highest BCUT2D eigenvalue weighted by molar-refractivity contribution is 5.86. The topological polar surface area (TPSA) is 122 Å². The molecule has 0 saturated heterocycles. The normalized spacial score (nSPS) is 12.5. The summed E-state index contributed by atoms with van der Waals surface area (Å²) in [5.74, 6) is 0.704. The Bertz CT molecular complexity index is 1010. The van der Waals surface area contributed by atoms with E-state index in [0.717, 1.165) is 5.56 Å². The van der Waals surface area contributed by atoms with Gasteiger partial charge in [0.15, 0.2) is 16.9 Å². The first kappa shape index (κ1) is 14.2. The number of furan rings is 1. The van der Waals surface area contributed by atoms with Crippen LogP contribution in [-0.4, -0.2) is 25.0 Å². The molecule has 1 atom stereocenters. The number of aromatic nitrogens is 5. The molecule has 0 aliphatic carbocycles. The van der Waals surface area contributed by atoms with E-state index in [2.05, 4.69) is 20.3 Å². The van der Waals surface area contributed by atoms with Crippen molar-refractivity contribution in [2.75, 3.05) is 11.5 Å². The van der Waals surface area contributed by atoms with Crippen LogP contribution in [0.25, 0.3) is 22.6 Å². The largest absolute Gasteiger partial charge is 0.463 e. The lowest BCUT2D eigenvalue weighted by Gasteiger charge is -2.13. The molecule has 24 heavy (non-hydrogen) atoms. The van der Waals surface area contributed by atoms with Crippen molar-refractivity contribution < 1.29 is 4.42 Å². The third kappa shape index (κ3) is 2.24. The average molecular weight is 321 g/mol. The van der Waals surface area contributed by atoms with Gasteiger partial charge in [0.2, 0.25) is 5.95 Å². The first-order valence-electron chi connectivity index (χ1n) is 7.41. The Labute approximate surface area is 137 Å². The van der Waals surface area contributed by atoms with Gasteiger partial charge in [-0.3, -0.25) is 0 Å². The number of hydrogen-bond donors (Lipinski definition) is 2. The molecule has 0 bridgehead atoms. The Morgan fingerprint density at radius 1 is 1.12 bits per heavy atom. The molecule has 4 rings (SSSR count). The minimum Gasteiger partial charge on any atom is -0.463 e. The van der Waals surface area contributed by atoms with Crippen molar-refractivity contribution in [2.24, 2.45) is 0 Å². The lowest BCUT2D eigenvalue weighted by molar-refractivity contribution is 0.556. The number of benzene rings is 1. The van der Waals surface area contributed by atoms with Crippen molar-refractivity contribution in [2.45, 2.75) is 13.0 Å². The number of anilines is 2. The lowest BCUT2D eigenvalue weighted by Crippen LogP contribution is -2.10. The fourth-order valence-electron chi connectivity index (χ4n) is 2.65. The Balaban J connectivity index is 1.89. The molecule has 8 nitrogen and oxygen atoms in total. The lowest BCUT2D eigenvalue weighted by atomic mass is 10.1. The number of hydrogen-bond acceptors (Lipinski definition) is 7. The van der Waals surface area contributed by atoms with Crippen molar-refractivity contribution in [3.05, 3.63) is 48.2 Å². The van der Waals surface area contributed by atoms with E-state index in [1.165, 1.54) is 0 Å². The standard InChI is InChI=1S/C16H15N7O/c1-9(10-4-2-5-11(17)8-10)23-15-14(21-22-23)13(19-16(18)20-15)12-6-3-7-24-12/h2-9H,17H2,1H3,(H2,18,19,20). The van der Waals surface area contributed by atoms with Crippen LogP contribution in [0.1, 0.15) is 18.5 Å². The van der Waals surface area contributed by atoms with E-state index in [0.29, 0.717) is 28.3 Å². The summed E-state index contributed by atoms with van der Waals surface area (Å²) in [7, 11) is 0. The Hall–Kier alpha value is -3.42. The van der Waals surface area contributed by atoms with E-state index in [1.807, 2.05) is 31.2 Å². The fourth-order valence-corrected chi connectivity index (χ4v) is 2.65. The van der Waals surface area contributed by atoms with Crippen LogP contribution in [0.5, 0.6) is 0 Å². The highest BCUT2D eigenvalue weighted by Gasteiger charge is 2.20. The van der Waals surface area contributed by atoms with Gasteiger partial charge in [0, 0.05) is 5.69 Å². The van der Waals surface area contributed by atoms with Gasteiger partial charge >= 0.3 is 0 Å². The summed E-state index contributed by atoms with van der Waals surface area (Å²) in [6.07, 6.45) is 1.57. The average Bonchev–Trinajstić information content (AvgIpc) is 3.23. The number of fused-ring (bicyclic) bond motifs is 1. The minimum absolute atomic E-state index is 0.114. The van der Waals surface area contributed by atoms with Gasteiger partial charge in [-0.25, -0.2) is 9.67 Å². The van der Waals surface area contributed by atoms with Gasteiger partial charge < -0.3 is 15.9 Å². The molecule has 0 aliphatic rings. The van der Waals surface area contributed by atoms with Crippen molar-refractivity contribution in [3.8, 4) is 11.5 Å². The van der Waals surface area contributed by atoms with Crippen LogP contribution >= 0.6 is 0 Å². The highest BCUT2D eigenvalue weighted by atomic mass is 16.3. The van der Waals surface area contributed by atoms with E-state index >= 15 is 0 Å². The van der Waals surface area contributed by atoms with E-state index in [4.69, 9.17) is 15.9 Å². The van der Waals surface area contributed by atoms with Crippen LogP contribution in [0.4, 0.5) is 11.6 Å². The molecule has 8 heteroatoms. The molecule has 0 aliphatic heterocycles. The monoisotopic (exact) mass is 321 g/mol. The van der Waals surface area contributed by atoms with E-state index in [1.54, 1.807) is 23.1 Å². The highest BCUT2D eigenvalue weighted by Crippen LogP contribution is 2.28. The van der Waals surface area contributed by atoms with Crippen molar-refractivity contribution in [1.29, 1.82) is 0 Å². The van der Waals surface area contributed by atoms with Gasteiger partial charge in [0.25, 0.3) is 0 Å². The van der Waals surface area contributed by atoms with Crippen LogP contribution in [0.15, 0.2) is 47.1 Å². The number of nitrogens with two attached hydrogens (primary N) is 2. The smallest absolute Gasteiger partial charge is 0.222 e. The van der Waals surface area contributed by atoms with Crippen LogP contribution < -0.4 is 11.5 Å². The molecule has 4 aromatic rings. The number of nitrogens with zero attached hydrogens (tertiary/aromatic N) is 5. The third-order valence-electron chi connectivity index (χ3n) is 3.86.